The van der Waals surface area contributed by atoms with Crippen molar-refractivity contribution in [1.29, 1.82) is 0 Å². The van der Waals surface area contributed by atoms with Gasteiger partial charge in [-0.25, -0.2) is 4.68 Å². The lowest BCUT2D eigenvalue weighted by Gasteiger charge is -2.23. The lowest BCUT2D eigenvalue weighted by atomic mass is 10.1. The number of rotatable bonds is 9. The molecule has 2 unspecified atom stereocenters. The van der Waals surface area contributed by atoms with Crippen molar-refractivity contribution in [3.05, 3.63) is 75.4 Å². The van der Waals surface area contributed by atoms with Gasteiger partial charge in [0.1, 0.15) is 18.4 Å². The number of hydrogen-bond acceptors (Lipinski definition) is 9. The molecule has 4 aromatic rings. The molecule has 3 aromatic heterocycles. The van der Waals surface area contributed by atoms with Gasteiger partial charge in [-0.1, -0.05) is 23.2 Å². The highest BCUT2D eigenvalue weighted by molar-refractivity contribution is 7.85. The predicted octanol–water partition coefficient (Wildman–Crippen LogP) is 6.01. The molecule has 1 aliphatic heterocycles. The smallest absolute Gasteiger partial charge is 0.264 e. The Morgan fingerprint density at radius 1 is 1.18 bits per heavy atom. The van der Waals surface area contributed by atoms with Crippen molar-refractivity contribution in [2.45, 2.75) is 45.1 Å². The molecule has 2 atom stereocenters. The summed E-state index contributed by atoms with van der Waals surface area (Å²) in [6.45, 7) is -0.152. The number of ether oxygens (including phenoxy) is 2. The van der Waals surface area contributed by atoms with Crippen LogP contribution in [0.1, 0.15) is 63.9 Å². The Morgan fingerprint density at radius 3 is 2.65 bits per heavy atom. The zero-order chi connectivity index (χ0) is 30.1. The first kappa shape index (κ1) is 25.8. The summed E-state index contributed by atoms with van der Waals surface area (Å²) in [5.41, 5.74) is 2.23. The minimum atomic E-state index is -4.05. The molecule has 40 heavy (non-hydrogen) atoms. The summed E-state index contributed by atoms with van der Waals surface area (Å²) in [6, 6.07) is 8.48. The Kier molecular flexibility index (Phi) is 7.88. The fraction of sp³-hybridized carbons (Fsp3) is 0.333. The van der Waals surface area contributed by atoms with E-state index in [9.17, 15) is 8.42 Å². The molecule has 0 bridgehead atoms. The Labute approximate surface area is 244 Å². The van der Waals surface area contributed by atoms with Gasteiger partial charge in [0.2, 0.25) is 0 Å². The van der Waals surface area contributed by atoms with Crippen LogP contribution in [-0.2, 0) is 25.6 Å². The van der Waals surface area contributed by atoms with Crippen LogP contribution in [0.5, 0.6) is 5.75 Å². The fourth-order valence-electron chi connectivity index (χ4n) is 4.32. The van der Waals surface area contributed by atoms with E-state index >= 15 is 0 Å². The monoisotopic (exact) mass is 605 g/mol. The molecule has 0 radical (unpaired) electrons. The molecule has 1 aliphatic rings. The van der Waals surface area contributed by atoms with Crippen molar-refractivity contribution >= 4 is 56.4 Å². The first-order valence-electron chi connectivity index (χ1n) is 13.4. The number of benzene rings is 1. The van der Waals surface area contributed by atoms with Crippen LogP contribution in [-0.4, -0.2) is 46.2 Å². The second-order valence-electron chi connectivity index (χ2n) is 9.17. The van der Waals surface area contributed by atoms with E-state index in [0.717, 1.165) is 36.4 Å². The van der Waals surface area contributed by atoms with E-state index in [4.69, 9.17) is 40.5 Å². The van der Waals surface area contributed by atoms with Crippen LogP contribution in [0.2, 0.25) is 10.0 Å². The van der Waals surface area contributed by atoms with Crippen molar-refractivity contribution in [2.75, 3.05) is 12.9 Å². The average molecular weight is 607 g/mol. The van der Waals surface area contributed by atoms with Gasteiger partial charge in [0.15, 0.2) is 6.23 Å². The molecule has 0 saturated carbocycles. The normalized spacial score (nSPS) is 18.1. The molecule has 10 nitrogen and oxygen atoms in total. The van der Waals surface area contributed by atoms with Crippen LogP contribution in [0.3, 0.4) is 0 Å². The van der Waals surface area contributed by atoms with Gasteiger partial charge < -0.3 is 9.47 Å². The van der Waals surface area contributed by atoms with Gasteiger partial charge in [-0.05, 0) is 68.7 Å². The van der Waals surface area contributed by atoms with Gasteiger partial charge in [-0.2, -0.15) is 23.7 Å². The maximum atomic E-state index is 11.4. The zero-order valence-corrected chi connectivity index (χ0v) is 23.9. The summed E-state index contributed by atoms with van der Waals surface area (Å²) >= 11 is 12.7. The molecule has 5 rings (SSSR count). The van der Waals surface area contributed by atoms with Gasteiger partial charge in [-0.3, -0.25) is 9.17 Å². The molecule has 4 heterocycles. The SMILES string of the molecule is [2H]C([2H])(OS(C)(=O)=O)c1ccc(/C=C/c2nn(C3CCCCO3)c3ccc(OC(C)c4c(Cl)cncc4Cl)cc23)nn1. The number of halogens is 2. The number of aromatic nitrogens is 5. The summed E-state index contributed by atoms with van der Waals surface area (Å²) in [7, 11) is -4.05. The largest absolute Gasteiger partial charge is 0.486 e. The summed E-state index contributed by atoms with van der Waals surface area (Å²) in [5, 5.41) is 14.3. The topological polar surface area (TPSA) is 118 Å². The molecule has 0 N–H and O–H groups in total. The third-order valence-electron chi connectivity index (χ3n) is 6.14. The second-order valence-corrected chi connectivity index (χ2v) is 11.6. The van der Waals surface area contributed by atoms with Gasteiger partial charge in [0, 0.05) is 30.0 Å². The van der Waals surface area contributed by atoms with E-state index in [1.54, 1.807) is 12.2 Å². The Bertz CT molecular complexity index is 1710. The van der Waals surface area contributed by atoms with Crippen LogP contribution in [0, 0.1) is 0 Å². The Balaban J connectivity index is 1.46. The fourth-order valence-corrected chi connectivity index (χ4v) is 5.23. The van der Waals surface area contributed by atoms with E-state index in [1.807, 2.05) is 29.8 Å². The molecule has 210 valence electrons. The molecular formula is C27H27Cl2N5O5S. The van der Waals surface area contributed by atoms with Crippen LogP contribution in [0.25, 0.3) is 23.1 Å². The molecule has 1 saturated heterocycles. The van der Waals surface area contributed by atoms with E-state index in [1.165, 1.54) is 24.5 Å². The zero-order valence-electron chi connectivity index (χ0n) is 23.6. The highest BCUT2D eigenvalue weighted by atomic mass is 35.5. The third kappa shape index (κ3) is 6.79. The molecule has 0 aliphatic carbocycles. The van der Waals surface area contributed by atoms with E-state index in [-0.39, 0.29) is 11.9 Å². The van der Waals surface area contributed by atoms with Gasteiger partial charge in [0.05, 0.1) is 41.6 Å². The van der Waals surface area contributed by atoms with Crippen LogP contribution < -0.4 is 4.74 Å². The van der Waals surface area contributed by atoms with E-state index < -0.39 is 22.8 Å². The summed E-state index contributed by atoms with van der Waals surface area (Å²) in [5.74, 6) is 0.579. The minimum absolute atomic E-state index is 0.209. The van der Waals surface area contributed by atoms with Gasteiger partial charge >= 0.3 is 0 Å². The van der Waals surface area contributed by atoms with Crippen molar-refractivity contribution in [2.24, 2.45) is 0 Å². The maximum Gasteiger partial charge on any atom is 0.264 e. The Hall–Kier alpha value is -3.09. The van der Waals surface area contributed by atoms with Crippen LogP contribution in [0.15, 0.2) is 42.7 Å². The number of fused-ring (bicyclic) bond motifs is 1. The van der Waals surface area contributed by atoms with Gasteiger partial charge in [-0.15, -0.1) is 0 Å². The quantitative estimate of drug-likeness (QED) is 0.211. The second kappa shape index (κ2) is 12.2. The molecule has 0 spiro atoms. The van der Waals surface area contributed by atoms with Crippen molar-refractivity contribution in [3.63, 3.8) is 0 Å². The van der Waals surface area contributed by atoms with Gasteiger partial charge in [0.25, 0.3) is 10.1 Å². The van der Waals surface area contributed by atoms with Crippen LogP contribution in [0.4, 0.5) is 0 Å². The molecular weight excluding hydrogens is 577 g/mol. The lowest BCUT2D eigenvalue weighted by molar-refractivity contribution is -0.0367. The van der Waals surface area contributed by atoms with Crippen molar-refractivity contribution < 1.29 is 24.8 Å². The molecule has 1 fully saturated rings. The summed E-state index contributed by atoms with van der Waals surface area (Å²) in [4.78, 5) is 4.00. The average Bonchev–Trinajstić information content (AvgIpc) is 3.29. The molecule has 1 aromatic carbocycles. The maximum absolute atomic E-state index is 11.4. The highest BCUT2D eigenvalue weighted by Gasteiger charge is 2.22. The highest BCUT2D eigenvalue weighted by Crippen LogP contribution is 2.35. The number of pyridine rings is 1. The minimum Gasteiger partial charge on any atom is -0.486 e. The molecule has 13 heteroatoms. The summed E-state index contributed by atoms with van der Waals surface area (Å²) in [6.07, 6.45) is 9.43. The molecule has 0 amide bonds. The first-order chi connectivity index (χ1) is 19.9. The van der Waals surface area contributed by atoms with Crippen LogP contribution >= 0.6 is 23.2 Å². The summed E-state index contributed by atoms with van der Waals surface area (Å²) < 4.78 is 57.1. The van der Waals surface area contributed by atoms with E-state index in [2.05, 4.69) is 19.4 Å². The predicted molar refractivity (Wildman–Crippen MR) is 152 cm³/mol. The Morgan fingerprint density at radius 2 is 1.98 bits per heavy atom. The first-order valence-corrected chi connectivity index (χ1v) is 15.0. The standard InChI is InChI=1S/C27H27Cl2N5O5S/c1-17(27-22(28)14-30-15-23(27)29)39-20-9-11-25-21(13-20)24(33-34(25)26-5-3-4-12-37-26)10-8-18-6-7-19(32-31-18)16-38-40(2,35)36/h6-11,13-15,17,26H,3-5,12,16H2,1-2H3/b10-8+/i16D2. The number of nitrogens with zero attached hydrogens (tertiary/aromatic N) is 5. The third-order valence-corrected chi connectivity index (χ3v) is 7.13. The van der Waals surface area contributed by atoms with Crippen molar-refractivity contribution in [1.82, 2.24) is 25.0 Å². The van der Waals surface area contributed by atoms with E-state index in [0.29, 0.717) is 39.4 Å². The number of hydrogen-bond donors (Lipinski definition) is 0. The lowest BCUT2D eigenvalue weighted by Crippen LogP contribution is -2.19. The van der Waals surface area contributed by atoms with Crippen molar-refractivity contribution in [3.8, 4) is 5.75 Å².